The number of hydrogen-bond donors (Lipinski definition) is 1. The van der Waals surface area contributed by atoms with Crippen LogP contribution in [0.15, 0.2) is 60.8 Å². The highest BCUT2D eigenvalue weighted by Crippen LogP contribution is 2.32. The molecule has 0 bridgehead atoms. The van der Waals surface area contributed by atoms with Crippen LogP contribution in [-0.2, 0) is 7.05 Å². The molecule has 1 aromatic heterocycles. The Bertz CT molecular complexity index is 799. The Morgan fingerprint density at radius 2 is 1.74 bits per heavy atom. The van der Waals surface area contributed by atoms with Gasteiger partial charge in [0.25, 0.3) is 0 Å². The number of aromatic nitrogens is 2. The summed E-state index contributed by atoms with van der Waals surface area (Å²) < 4.78 is 2.17. The van der Waals surface area contributed by atoms with E-state index in [0.29, 0.717) is 6.04 Å². The quantitative estimate of drug-likeness (QED) is 0.786. The number of nitrogens with one attached hydrogen (secondary N) is 1. The van der Waals surface area contributed by atoms with Crippen molar-refractivity contribution in [2.24, 2.45) is 7.05 Å². The van der Waals surface area contributed by atoms with Crippen molar-refractivity contribution in [3.05, 3.63) is 66.6 Å². The average molecular weight is 303 g/mol. The predicted octanol–water partition coefficient (Wildman–Crippen LogP) is 4.18. The first-order valence-electron chi connectivity index (χ1n) is 8.24. The van der Waals surface area contributed by atoms with E-state index < -0.39 is 0 Å². The molecular weight excluding hydrogens is 282 g/mol. The monoisotopic (exact) mass is 303 g/mol. The van der Waals surface area contributed by atoms with Gasteiger partial charge in [0.05, 0.1) is 11.7 Å². The number of benzene rings is 2. The summed E-state index contributed by atoms with van der Waals surface area (Å²) in [6, 6.07) is 19.4. The van der Waals surface area contributed by atoms with Gasteiger partial charge < -0.3 is 9.88 Å². The molecule has 0 radical (unpaired) electrons. The predicted molar refractivity (Wildman–Crippen MR) is 94.1 cm³/mol. The molecule has 1 fully saturated rings. The molecule has 1 N–H and O–H groups in total. The van der Waals surface area contributed by atoms with Gasteiger partial charge in [-0.2, -0.15) is 0 Å². The van der Waals surface area contributed by atoms with E-state index in [9.17, 15) is 0 Å². The fourth-order valence-corrected chi connectivity index (χ4v) is 3.42. The van der Waals surface area contributed by atoms with Crippen LogP contribution in [0.5, 0.6) is 0 Å². The Morgan fingerprint density at radius 1 is 1.00 bits per heavy atom. The molecular formula is C20H21N3. The van der Waals surface area contributed by atoms with E-state index in [0.717, 1.165) is 18.1 Å². The third kappa shape index (κ3) is 2.68. The highest BCUT2D eigenvalue weighted by atomic mass is 15.1. The molecule has 3 heteroatoms. The van der Waals surface area contributed by atoms with Crippen LogP contribution < -0.4 is 5.32 Å². The van der Waals surface area contributed by atoms with Gasteiger partial charge in [-0.15, -0.1) is 0 Å². The lowest BCUT2D eigenvalue weighted by Crippen LogP contribution is -2.16. The smallest absolute Gasteiger partial charge is 0.126 e. The van der Waals surface area contributed by atoms with Crippen LogP contribution in [0.3, 0.4) is 0 Å². The van der Waals surface area contributed by atoms with Crippen molar-refractivity contribution in [1.29, 1.82) is 0 Å². The topological polar surface area (TPSA) is 29.9 Å². The Balaban J connectivity index is 1.78. The largest absolute Gasteiger partial charge is 0.336 e. The van der Waals surface area contributed by atoms with Crippen molar-refractivity contribution < 1.29 is 0 Å². The summed E-state index contributed by atoms with van der Waals surface area (Å²) in [7, 11) is 2.09. The second-order valence-corrected chi connectivity index (χ2v) is 6.16. The zero-order valence-electron chi connectivity index (χ0n) is 13.4. The van der Waals surface area contributed by atoms with Crippen LogP contribution >= 0.6 is 0 Å². The van der Waals surface area contributed by atoms with Crippen LogP contribution in [-0.4, -0.2) is 16.1 Å². The van der Waals surface area contributed by atoms with Gasteiger partial charge in [0.1, 0.15) is 5.82 Å². The molecule has 3 nitrogen and oxygen atoms in total. The van der Waals surface area contributed by atoms with Crippen molar-refractivity contribution in [3.63, 3.8) is 0 Å². The lowest BCUT2D eigenvalue weighted by atomic mass is 9.98. The fraction of sp³-hybridized carbons (Fsp3) is 0.250. The van der Waals surface area contributed by atoms with Crippen LogP contribution in [0.4, 0.5) is 0 Å². The molecule has 2 heterocycles. The maximum absolute atomic E-state index is 4.95. The minimum absolute atomic E-state index is 0.387. The number of nitrogens with zero attached hydrogens (tertiary/aromatic N) is 2. The van der Waals surface area contributed by atoms with E-state index in [1.165, 1.54) is 29.5 Å². The number of imidazole rings is 1. The van der Waals surface area contributed by atoms with Crippen LogP contribution in [0, 0.1) is 0 Å². The third-order valence-corrected chi connectivity index (χ3v) is 4.57. The van der Waals surface area contributed by atoms with Gasteiger partial charge in [-0.3, -0.25) is 0 Å². The molecule has 116 valence electrons. The van der Waals surface area contributed by atoms with Crippen molar-refractivity contribution in [1.82, 2.24) is 14.9 Å². The lowest BCUT2D eigenvalue weighted by Gasteiger charge is -2.09. The maximum atomic E-state index is 4.95. The van der Waals surface area contributed by atoms with E-state index in [1.54, 1.807) is 0 Å². The summed E-state index contributed by atoms with van der Waals surface area (Å²) in [4.78, 5) is 4.95. The minimum Gasteiger partial charge on any atom is -0.336 e. The Hall–Kier alpha value is -2.39. The zero-order chi connectivity index (χ0) is 15.6. The van der Waals surface area contributed by atoms with Crippen molar-refractivity contribution in [2.45, 2.75) is 18.9 Å². The minimum atomic E-state index is 0.387. The van der Waals surface area contributed by atoms with Gasteiger partial charge in [-0.25, -0.2) is 4.98 Å². The molecule has 1 aliphatic rings. The average Bonchev–Trinajstić information content (AvgIpc) is 3.25. The molecule has 2 aromatic carbocycles. The summed E-state index contributed by atoms with van der Waals surface area (Å²) in [5.74, 6) is 1.14. The summed E-state index contributed by atoms with van der Waals surface area (Å²) in [5.41, 5.74) is 4.71. The van der Waals surface area contributed by atoms with Crippen LogP contribution in [0.2, 0.25) is 0 Å². The van der Waals surface area contributed by atoms with Gasteiger partial charge in [0, 0.05) is 18.8 Å². The van der Waals surface area contributed by atoms with E-state index >= 15 is 0 Å². The van der Waals surface area contributed by atoms with Crippen LogP contribution in [0.1, 0.15) is 24.7 Å². The van der Waals surface area contributed by atoms with E-state index in [1.807, 2.05) is 0 Å². The van der Waals surface area contributed by atoms with Crippen molar-refractivity contribution >= 4 is 0 Å². The molecule has 0 saturated carbocycles. The van der Waals surface area contributed by atoms with Gasteiger partial charge in [0.2, 0.25) is 0 Å². The van der Waals surface area contributed by atoms with Crippen molar-refractivity contribution in [2.75, 3.05) is 6.54 Å². The highest BCUT2D eigenvalue weighted by molar-refractivity contribution is 5.81. The molecule has 1 aliphatic heterocycles. The first kappa shape index (κ1) is 14.2. The molecule has 0 spiro atoms. The SMILES string of the molecule is Cn1cc(-c2ccccc2-c2ccccc2)nc1[C@@H]1CCCN1. The Kier molecular flexibility index (Phi) is 3.72. The van der Waals surface area contributed by atoms with E-state index in [2.05, 4.69) is 77.7 Å². The molecule has 4 rings (SSSR count). The van der Waals surface area contributed by atoms with Gasteiger partial charge in [0.15, 0.2) is 0 Å². The third-order valence-electron chi connectivity index (χ3n) is 4.57. The second-order valence-electron chi connectivity index (χ2n) is 6.16. The van der Waals surface area contributed by atoms with Gasteiger partial charge in [-0.1, -0.05) is 54.6 Å². The summed E-state index contributed by atoms with van der Waals surface area (Å²) in [5, 5.41) is 3.54. The molecule has 1 atom stereocenters. The number of rotatable bonds is 3. The summed E-state index contributed by atoms with van der Waals surface area (Å²) in [6.07, 6.45) is 4.55. The van der Waals surface area contributed by atoms with Crippen molar-refractivity contribution in [3.8, 4) is 22.4 Å². The second kappa shape index (κ2) is 6.01. The van der Waals surface area contributed by atoms with E-state index in [-0.39, 0.29) is 0 Å². The van der Waals surface area contributed by atoms with Gasteiger partial charge >= 0.3 is 0 Å². The fourth-order valence-electron chi connectivity index (χ4n) is 3.42. The molecule has 1 saturated heterocycles. The Labute approximate surface area is 137 Å². The molecule has 23 heavy (non-hydrogen) atoms. The Morgan fingerprint density at radius 3 is 2.48 bits per heavy atom. The molecule has 0 unspecified atom stereocenters. The normalized spacial score (nSPS) is 17.5. The molecule has 0 aliphatic carbocycles. The first-order valence-corrected chi connectivity index (χ1v) is 8.24. The van der Waals surface area contributed by atoms with Crippen LogP contribution in [0.25, 0.3) is 22.4 Å². The standard InChI is InChI=1S/C20H21N3/c1-23-14-19(22-20(23)18-12-7-13-21-18)17-11-6-5-10-16(17)15-8-3-2-4-9-15/h2-6,8-11,14,18,21H,7,12-13H2,1H3/t18-/m0/s1. The summed E-state index contributed by atoms with van der Waals surface area (Å²) >= 11 is 0. The maximum Gasteiger partial charge on any atom is 0.126 e. The molecule has 3 aromatic rings. The first-order chi connectivity index (χ1) is 11.3. The number of hydrogen-bond acceptors (Lipinski definition) is 2. The summed E-state index contributed by atoms with van der Waals surface area (Å²) in [6.45, 7) is 1.09. The number of aryl methyl sites for hydroxylation is 1. The highest BCUT2D eigenvalue weighted by Gasteiger charge is 2.22. The molecule has 0 amide bonds. The van der Waals surface area contributed by atoms with Gasteiger partial charge in [-0.05, 0) is 30.5 Å². The zero-order valence-corrected chi connectivity index (χ0v) is 13.4. The lowest BCUT2D eigenvalue weighted by molar-refractivity contribution is 0.580. The van der Waals surface area contributed by atoms with E-state index in [4.69, 9.17) is 4.98 Å².